The Kier molecular flexibility index (Phi) is 1.35. The van der Waals surface area contributed by atoms with E-state index in [1.807, 2.05) is 6.92 Å². The maximum absolute atomic E-state index is 11.9. The van der Waals surface area contributed by atoms with Gasteiger partial charge in [-0.05, 0) is 26.2 Å². The van der Waals surface area contributed by atoms with Gasteiger partial charge in [-0.1, -0.05) is 0 Å². The van der Waals surface area contributed by atoms with Crippen molar-refractivity contribution < 1.29 is 9.59 Å². The van der Waals surface area contributed by atoms with Crippen LogP contribution in [0, 0.1) is 11.8 Å². The summed E-state index contributed by atoms with van der Waals surface area (Å²) in [7, 11) is 0. The van der Waals surface area contributed by atoms with Crippen LogP contribution in [-0.4, -0.2) is 21.6 Å². The highest BCUT2D eigenvalue weighted by Crippen LogP contribution is 2.56. The van der Waals surface area contributed by atoms with Gasteiger partial charge < -0.3 is 0 Å². The lowest BCUT2D eigenvalue weighted by atomic mass is 9.66. The SMILES string of the molecule is C[C@@]12C[C@@H]3C[C@@H](C[C@H](S1)C3=O)C2=O. The van der Waals surface area contributed by atoms with Gasteiger partial charge in [0.1, 0.15) is 5.78 Å². The fraction of sp³-hybridized carbons (Fsp3) is 0.800. The molecular formula is C10H12O2S. The maximum atomic E-state index is 11.9. The minimum absolute atomic E-state index is 0.153. The molecule has 4 aliphatic rings. The van der Waals surface area contributed by atoms with Gasteiger partial charge >= 0.3 is 0 Å². The molecule has 0 unspecified atom stereocenters. The van der Waals surface area contributed by atoms with Crippen molar-refractivity contribution in [3.05, 3.63) is 0 Å². The molecule has 4 bridgehead atoms. The molecule has 0 N–H and O–H groups in total. The molecule has 2 nitrogen and oxygen atoms in total. The molecule has 3 heteroatoms. The molecule has 0 aromatic heterocycles. The van der Waals surface area contributed by atoms with Crippen molar-refractivity contribution in [1.29, 1.82) is 0 Å². The minimum atomic E-state index is -0.204. The topological polar surface area (TPSA) is 34.1 Å². The Hall–Kier alpha value is -0.310. The number of carbonyl (C=O) groups excluding carboxylic acids is 2. The second-order valence-electron chi connectivity index (χ2n) is 4.67. The Morgan fingerprint density at radius 2 is 2.08 bits per heavy atom. The van der Waals surface area contributed by atoms with Gasteiger partial charge in [0.15, 0.2) is 5.78 Å². The third-order valence-corrected chi connectivity index (χ3v) is 5.31. The molecule has 4 rings (SSSR count). The zero-order valence-electron chi connectivity index (χ0n) is 7.58. The predicted octanol–water partition coefficient (Wildman–Crippen LogP) is 1.43. The zero-order chi connectivity index (χ0) is 9.22. The Balaban J connectivity index is 2.06. The first-order valence-corrected chi connectivity index (χ1v) is 5.74. The lowest BCUT2D eigenvalue weighted by molar-refractivity contribution is -0.137. The number of Topliss-reactive ketones (excluding diaryl/α,β-unsaturated/α-hetero) is 2. The van der Waals surface area contributed by atoms with Crippen molar-refractivity contribution in [2.75, 3.05) is 0 Å². The maximum Gasteiger partial charge on any atom is 0.151 e. The number of ketones is 2. The fourth-order valence-corrected chi connectivity index (χ4v) is 4.97. The molecule has 0 aromatic carbocycles. The highest BCUT2D eigenvalue weighted by atomic mass is 32.2. The van der Waals surface area contributed by atoms with E-state index >= 15 is 0 Å². The van der Waals surface area contributed by atoms with Gasteiger partial charge in [0.2, 0.25) is 0 Å². The summed E-state index contributed by atoms with van der Waals surface area (Å²) in [5, 5.41) is 0.153. The van der Waals surface area contributed by atoms with Gasteiger partial charge in [-0.25, -0.2) is 0 Å². The van der Waals surface area contributed by atoms with Gasteiger partial charge in [-0.2, -0.15) is 0 Å². The summed E-state index contributed by atoms with van der Waals surface area (Å²) in [6, 6.07) is 0. The van der Waals surface area contributed by atoms with Gasteiger partial charge in [-0.15, -0.1) is 11.8 Å². The van der Waals surface area contributed by atoms with Crippen LogP contribution in [-0.2, 0) is 9.59 Å². The summed E-state index contributed by atoms with van der Waals surface area (Å²) in [4.78, 5) is 23.6. The quantitative estimate of drug-likeness (QED) is 0.587. The van der Waals surface area contributed by atoms with Crippen LogP contribution in [0.25, 0.3) is 0 Å². The number of thioether (sulfide) groups is 1. The smallest absolute Gasteiger partial charge is 0.151 e. The van der Waals surface area contributed by atoms with Crippen molar-refractivity contribution in [2.45, 2.75) is 36.2 Å². The molecule has 2 saturated carbocycles. The molecule has 2 aliphatic carbocycles. The van der Waals surface area contributed by atoms with Crippen LogP contribution in [0.15, 0.2) is 0 Å². The molecule has 4 fully saturated rings. The van der Waals surface area contributed by atoms with E-state index in [1.165, 1.54) is 0 Å². The second-order valence-corrected chi connectivity index (χ2v) is 6.38. The number of hydrogen-bond acceptors (Lipinski definition) is 3. The Bertz CT molecular complexity index is 292. The molecule has 0 radical (unpaired) electrons. The van der Waals surface area contributed by atoms with Gasteiger partial charge in [-0.3, -0.25) is 9.59 Å². The molecule has 2 saturated heterocycles. The van der Waals surface area contributed by atoms with Crippen LogP contribution in [0.1, 0.15) is 26.2 Å². The first kappa shape index (κ1) is 8.04. The Morgan fingerprint density at radius 3 is 2.69 bits per heavy atom. The van der Waals surface area contributed by atoms with Crippen LogP contribution in [0.3, 0.4) is 0 Å². The normalized spacial score (nSPS) is 53.2. The summed E-state index contributed by atoms with van der Waals surface area (Å²) in [6.07, 6.45) is 2.49. The van der Waals surface area contributed by atoms with Gasteiger partial charge in [0.25, 0.3) is 0 Å². The van der Waals surface area contributed by atoms with Crippen molar-refractivity contribution in [3.8, 4) is 0 Å². The summed E-state index contributed by atoms with van der Waals surface area (Å²) in [6.45, 7) is 2.03. The molecular weight excluding hydrogens is 184 g/mol. The third kappa shape index (κ3) is 0.862. The molecule has 70 valence electrons. The Morgan fingerprint density at radius 1 is 1.31 bits per heavy atom. The van der Waals surface area contributed by atoms with Gasteiger partial charge in [0.05, 0.1) is 10.00 Å². The average molecular weight is 196 g/mol. The first-order valence-electron chi connectivity index (χ1n) is 4.86. The molecule has 2 aliphatic heterocycles. The van der Waals surface area contributed by atoms with Crippen LogP contribution in [0.2, 0.25) is 0 Å². The summed E-state index contributed by atoms with van der Waals surface area (Å²) in [5.74, 6) is 1.27. The van der Waals surface area contributed by atoms with Crippen molar-refractivity contribution in [2.24, 2.45) is 11.8 Å². The van der Waals surface area contributed by atoms with Crippen molar-refractivity contribution in [1.82, 2.24) is 0 Å². The van der Waals surface area contributed by atoms with E-state index in [0.717, 1.165) is 19.3 Å². The fourth-order valence-electron chi connectivity index (χ4n) is 3.12. The van der Waals surface area contributed by atoms with Crippen molar-refractivity contribution in [3.63, 3.8) is 0 Å². The second kappa shape index (κ2) is 2.19. The molecule has 0 aromatic rings. The highest BCUT2D eigenvalue weighted by molar-refractivity contribution is 8.02. The number of rotatable bonds is 0. The van der Waals surface area contributed by atoms with Crippen LogP contribution in [0.4, 0.5) is 0 Å². The first-order chi connectivity index (χ1) is 6.10. The van der Waals surface area contributed by atoms with E-state index in [9.17, 15) is 9.59 Å². The van der Waals surface area contributed by atoms with E-state index < -0.39 is 0 Å². The molecule has 2 heterocycles. The van der Waals surface area contributed by atoms with E-state index in [1.54, 1.807) is 11.8 Å². The standard InChI is InChI=1S/C10H12O2S/c1-10-4-6-2-5(9(10)12)3-7(13-10)8(6)11/h5-7H,2-4H2,1H3/t5-,6-,7-,10-/m0/s1. The van der Waals surface area contributed by atoms with Crippen LogP contribution in [0.5, 0.6) is 0 Å². The molecule has 0 amide bonds. The number of carbonyl (C=O) groups is 2. The van der Waals surface area contributed by atoms with E-state index in [4.69, 9.17) is 0 Å². The molecule has 0 spiro atoms. The highest BCUT2D eigenvalue weighted by Gasteiger charge is 2.58. The van der Waals surface area contributed by atoms with Crippen molar-refractivity contribution >= 4 is 23.3 Å². The van der Waals surface area contributed by atoms with Gasteiger partial charge in [0, 0.05) is 11.8 Å². The lowest BCUT2D eigenvalue weighted by Crippen LogP contribution is -2.58. The monoisotopic (exact) mass is 196 g/mol. The predicted molar refractivity (Wildman–Crippen MR) is 50.6 cm³/mol. The number of hydrogen-bond donors (Lipinski definition) is 0. The van der Waals surface area contributed by atoms with Crippen LogP contribution < -0.4 is 0 Å². The van der Waals surface area contributed by atoms with E-state index in [-0.39, 0.29) is 21.8 Å². The Labute approximate surface area is 81.5 Å². The summed E-state index contributed by atoms with van der Waals surface area (Å²) < 4.78 is -0.204. The summed E-state index contributed by atoms with van der Waals surface area (Å²) >= 11 is 1.63. The average Bonchev–Trinajstić information content (AvgIpc) is 2.05. The minimum Gasteiger partial charge on any atom is -0.298 e. The van der Waals surface area contributed by atoms with Crippen LogP contribution >= 0.6 is 11.8 Å². The lowest BCUT2D eigenvalue weighted by Gasteiger charge is -2.52. The zero-order valence-corrected chi connectivity index (χ0v) is 8.39. The molecule has 4 atom stereocenters. The molecule has 13 heavy (non-hydrogen) atoms. The van der Waals surface area contributed by atoms with E-state index in [2.05, 4.69) is 0 Å². The third-order valence-electron chi connectivity index (χ3n) is 3.72. The van der Waals surface area contributed by atoms with E-state index in [0.29, 0.717) is 11.6 Å². The largest absolute Gasteiger partial charge is 0.298 e. The summed E-state index contributed by atoms with van der Waals surface area (Å²) in [5.41, 5.74) is 0.